The lowest BCUT2D eigenvalue weighted by molar-refractivity contribution is -0.125. The maximum absolute atomic E-state index is 11.8. The van der Waals surface area contributed by atoms with Crippen molar-refractivity contribution in [2.75, 3.05) is 17.8 Å². The topological polar surface area (TPSA) is 67.4 Å². The summed E-state index contributed by atoms with van der Waals surface area (Å²) in [5.41, 5.74) is 0.597. The van der Waals surface area contributed by atoms with Crippen LogP contribution in [0.25, 0.3) is 0 Å². The summed E-state index contributed by atoms with van der Waals surface area (Å²) in [5.74, 6) is -0.310. The number of nitrogens with one attached hydrogen (secondary N) is 2. The van der Waals surface area contributed by atoms with Crippen molar-refractivity contribution < 1.29 is 14.3 Å². The molecule has 1 heterocycles. The average Bonchev–Trinajstić information content (AvgIpc) is 2.49. The number of ether oxygens (including phenoxy) is 1. The van der Waals surface area contributed by atoms with Crippen LogP contribution in [0.4, 0.5) is 5.69 Å². The molecule has 17 heavy (non-hydrogen) atoms. The highest BCUT2D eigenvalue weighted by atomic mass is 35.5. The number of benzene rings is 1. The van der Waals surface area contributed by atoms with Crippen LogP contribution >= 0.6 is 11.6 Å². The van der Waals surface area contributed by atoms with Gasteiger partial charge in [0.15, 0.2) is 0 Å². The Morgan fingerprint density at radius 1 is 1.53 bits per heavy atom. The second-order valence-corrected chi connectivity index (χ2v) is 3.82. The quantitative estimate of drug-likeness (QED) is 0.765. The first-order valence-electron chi connectivity index (χ1n) is 5.08. The molecule has 0 aliphatic carbocycles. The van der Waals surface area contributed by atoms with Crippen molar-refractivity contribution in [3.8, 4) is 5.75 Å². The highest BCUT2D eigenvalue weighted by molar-refractivity contribution is 6.27. The van der Waals surface area contributed by atoms with Crippen LogP contribution in [-0.4, -0.2) is 30.3 Å². The van der Waals surface area contributed by atoms with Gasteiger partial charge >= 0.3 is 0 Å². The number of rotatable bonds is 2. The molecular weight excluding hydrogens is 244 g/mol. The van der Waals surface area contributed by atoms with E-state index >= 15 is 0 Å². The van der Waals surface area contributed by atoms with Gasteiger partial charge in [-0.1, -0.05) is 12.1 Å². The van der Waals surface area contributed by atoms with E-state index in [0.29, 0.717) is 11.4 Å². The second kappa shape index (κ2) is 5.05. The van der Waals surface area contributed by atoms with Gasteiger partial charge in [0.1, 0.15) is 24.3 Å². The first-order valence-corrected chi connectivity index (χ1v) is 5.62. The Balaban J connectivity index is 2.12. The number of amides is 2. The zero-order valence-corrected chi connectivity index (χ0v) is 9.66. The number of carbonyl (C=O) groups is 2. The lowest BCUT2D eigenvalue weighted by atomic mass is 10.2. The molecule has 1 aliphatic heterocycles. The fourth-order valence-electron chi connectivity index (χ4n) is 1.50. The number of halogens is 1. The molecule has 0 saturated carbocycles. The maximum Gasteiger partial charge on any atom is 0.250 e. The largest absolute Gasteiger partial charge is 0.489 e. The molecule has 2 rings (SSSR count). The first-order chi connectivity index (χ1) is 8.20. The molecule has 1 aromatic rings. The lowest BCUT2D eigenvalue weighted by Crippen LogP contribution is -2.46. The fraction of sp³-hybridized carbons (Fsp3) is 0.273. The van der Waals surface area contributed by atoms with E-state index in [1.165, 1.54) is 0 Å². The van der Waals surface area contributed by atoms with Gasteiger partial charge in [0.25, 0.3) is 5.91 Å². The SMILES string of the molecule is O=C(CCl)N[C@H]1COc2ccccc2NC1=O. The van der Waals surface area contributed by atoms with E-state index in [2.05, 4.69) is 10.6 Å². The van der Waals surface area contributed by atoms with Crippen molar-refractivity contribution in [1.82, 2.24) is 5.32 Å². The predicted molar refractivity (Wildman–Crippen MR) is 63.2 cm³/mol. The molecule has 0 bridgehead atoms. The summed E-state index contributed by atoms with van der Waals surface area (Å²) in [7, 11) is 0. The van der Waals surface area contributed by atoms with E-state index < -0.39 is 11.9 Å². The van der Waals surface area contributed by atoms with Gasteiger partial charge in [-0.15, -0.1) is 11.6 Å². The van der Waals surface area contributed by atoms with Crippen LogP contribution in [0.2, 0.25) is 0 Å². The average molecular weight is 255 g/mol. The number of hydrogen-bond acceptors (Lipinski definition) is 3. The Morgan fingerprint density at radius 3 is 3.06 bits per heavy atom. The highest BCUT2D eigenvalue weighted by Gasteiger charge is 2.25. The molecule has 6 heteroatoms. The van der Waals surface area contributed by atoms with Crippen LogP contribution < -0.4 is 15.4 Å². The van der Waals surface area contributed by atoms with Gasteiger partial charge in [0.05, 0.1) is 5.69 Å². The number of para-hydroxylation sites is 2. The standard InChI is InChI=1S/C11H11ClN2O3/c12-5-10(15)13-8-6-17-9-4-2-1-3-7(9)14-11(8)16/h1-4,8H,5-6H2,(H,13,15)(H,14,16)/t8-/m0/s1. The van der Waals surface area contributed by atoms with Crippen molar-refractivity contribution in [2.24, 2.45) is 0 Å². The Bertz CT molecular complexity index is 450. The molecule has 0 saturated heterocycles. The third kappa shape index (κ3) is 2.68. The van der Waals surface area contributed by atoms with Crippen molar-refractivity contribution >= 4 is 29.1 Å². The molecule has 0 aromatic heterocycles. The van der Waals surface area contributed by atoms with Crippen LogP contribution in [0.5, 0.6) is 5.75 Å². The molecule has 0 radical (unpaired) electrons. The van der Waals surface area contributed by atoms with Gasteiger partial charge in [-0.05, 0) is 12.1 Å². The van der Waals surface area contributed by atoms with Gasteiger partial charge in [0, 0.05) is 0 Å². The van der Waals surface area contributed by atoms with Crippen molar-refractivity contribution in [3.05, 3.63) is 24.3 Å². The second-order valence-electron chi connectivity index (χ2n) is 3.55. The summed E-state index contributed by atoms with van der Waals surface area (Å²) in [5, 5.41) is 5.17. The number of anilines is 1. The number of alkyl halides is 1. The van der Waals surface area contributed by atoms with Gasteiger partial charge in [-0.3, -0.25) is 9.59 Å². The number of fused-ring (bicyclic) bond motifs is 1. The molecule has 0 unspecified atom stereocenters. The Kier molecular flexibility index (Phi) is 3.49. The summed E-state index contributed by atoms with van der Waals surface area (Å²) >= 11 is 5.36. The third-order valence-corrected chi connectivity index (χ3v) is 2.57. The van der Waals surface area contributed by atoms with E-state index in [1.807, 2.05) is 6.07 Å². The summed E-state index contributed by atoms with van der Waals surface area (Å²) in [6, 6.07) is 6.36. The summed E-state index contributed by atoms with van der Waals surface area (Å²) < 4.78 is 5.44. The van der Waals surface area contributed by atoms with Crippen LogP contribution in [-0.2, 0) is 9.59 Å². The van der Waals surface area contributed by atoms with E-state index in [1.54, 1.807) is 18.2 Å². The molecule has 0 fully saturated rings. The normalized spacial score (nSPS) is 18.4. The van der Waals surface area contributed by atoms with Crippen LogP contribution in [0, 0.1) is 0 Å². The molecule has 2 amide bonds. The number of hydrogen-bond donors (Lipinski definition) is 2. The van der Waals surface area contributed by atoms with Crippen molar-refractivity contribution in [2.45, 2.75) is 6.04 Å². The summed E-state index contributed by atoms with van der Waals surface area (Å²) in [6.45, 7) is 0.0888. The zero-order valence-electron chi connectivity index (χ0n) is 8.90. The minimum Gasteiger partial charge on any atom is -0.489 e. The zero-order chi connectivity index (χ0) is 12.3. The smallest absolute Gasteiger partial charge is 0.250 e. The predicted octanol–water partition coefficient (Wildman–Crippen LogP) is 0.741. The van der Waals surface area contributed by atoms with Crippen LogP contribution in [0.15, 0.2) is 24.3 Å². The minimum atomic E-state index is -0.728. The summed E-state index contributed by atoms with van der Waals surface area (Å²) in [4.78, 5) is 22.9. The Morgan fingerprint density at radius 2 is 2.29 bits per heavy atom. The molecule has 0 spiro atoms. The van der Waals surface area contributed by atoms with E-state index in [9.17, 15) is 9.59 Å². The number of carbonyl (C=O) groups excluding carboxylic acids is 2. The monoisotopic (exact) mass is 254 g/mol. The van der Waals surface area contributed by atoms with Gasteiger partial charge in [0.2, 0.25) is 5.91 Å². The van der Waals surface area contributed by atoms with Gasteiger partial charge < -0.3 is 15.4 Å². The molecule has 1 aliphatic rings. The maximum atomic E-state index is 11.8. The van der Waals surface area contributed by atoms with Crippen molar-refractivity contribution in [1.29, 1.82) is 0 Å². The third-order valence-electron chi connectivity index (χ3n) is 2.32. The molecule has 90 valence electrons. The van der Waals surface area contributed by atoms with Gasteiger partial charge in [-0.2, -0.15) is 0 Å². The molecule has 1 atom stereocenters. The first kappa shape index (κ1) is 11.7. The lowest BCUT2D eigenvalue weighted by Gasteiger charge is -2.13. The van der Waals surface area contributed by atoms with Gasteiger partial charge in [-0.25, -0.2) is 0 Å². The Labute approximate surface area is 103 Å². The van der Waals surface area contributed by atoms with Crippen molar-refractivity contribution in [3.63, 3.8) is 0 Å². The summed E-state index contributed by atoms with van der Waals surface area (Å²) in [6.07, 6.45) is 0. The van der Waals surface area contributed by atoms with Crippen LogP contribution in [0.3, 0.4) is 0 Å². The fourth-order valence-corrected chi connectivity index (χ4v) is 1.58. The molecule has 2 N–H and O–H groups in total. The van der Waals surface area contributed by atoms with E-state index in [4.69, 9.17) is 16.3 Å². The van der Waals surface area contributed by atoms with Crippen LogP contribution in [0.1, 0.15) is 0 Å². The van der Waals surface area contributed by atoms with E-state index in [0.717, 1.165) is 0 Å². The molecular formula is C11H11ClN2O3. The molecule has 5 nitrogen and oxygen atoms in total. The minimum absolute atomic E-state index is 0.0888. The van der Waals surface area contributed by atoms with E-state index in [-0.39, 0.29) is 18.4 Å². The molecule has 1 aromatic carbocycles. The highest BCUT2D eigenvalue weighted by Crippen LogP contribution is 2.25. The Hall–Kier alpha value is -1.75.